The molecule has 70 heavy (non-hydrogen) atoms. The van der Waals surface area contributed by atoms with Gasteiger partial charge in [0.25, 0.3) is 21.6 Å². The number of amides is 2. The van der Waals surface area contributed by atoms with E-state index >= 15 is 0 Å². The largest absolute Gasteiger partial charge is 0.455 e. The molecule has 2 saturated heterocycles. The van der Waals surface area contributed by atoms with Crippen molar-refractivity contribution in [3.05, 3.63) is 117 Å². The van der Waals surface area contributed by atoms with Gasteiger partial charge in [-0.1, -0.05) is 37.1 Å². The van der Waals surface area contributed by atoms with Gasteiger partial charge in [-0.2, -0.15) is 13.2 Å². The third-order valence-electron chi connectivity index (χ3n) is 13.1. The molecule has 4 heterocycles. The Balaban J connectivity index is 0.971. The van der Waals surface area contributed by atoms with Crippen LogP contribution in [-0.2, 0) is 25.7 Å². The topological polar surface area (TPSA) is 192 Å². The molecular formula is C49H54ClF3N8O8S. The Kier molecular flexibility index (Phi) is 14.8. The van der Waals surface area contributed by atoms with Gasteiger partial charge < -0.3 is 29.6 Å². The van der Waals surface area contributed by atoms with Crippen LogP contribution in [0.25, 0.3) is 16.6 Å². The minimum absolute atomic E-state index is 0.0354. The third-order valence-corrected chi connectivity index (χ3v) is 14.7. The number of anilines is 2. The Morgan fingerprint density at radius 1 is 1.04 bits per heavy atom. The molecule has 2 aromatic heterocycles. The molecule has 0 spiro atoms. The van der Waals surface area contributed by atoms with Gasteiger partial charge in [-0.15, -0.1) is 0 Å². The Morgan fingerprint density at radius 2 is 1.83 bits per heavy atom. The van der Waals surface area contributed by atoms with Crippen LogP contribution in [0.3, 0.4) is 0 Å². The summed E-state index contributed by atoms with van der Waals surface area (Å²) in [6.45, 7) is 10.6. The van der Waals surface area contributed by atoms with E-state index < -0.39 is 43.2 Å². The molecule has 1 atom stereocenters. The van der Waals surface area contributed by atoms with E-state index in [9.17, 15) is 41.3 Å². The third kappa shape index (κ3) is 11.8. The van der Waals surface area contributed by atoms with Crippen LogP contribution in [-0.4, -0.2) is 110 Å². The van der Waals surface area contributed by atoms with Gasteiger partial charge in [-0.05, 0) is 97.2 Å². The quantitative estimate of drug-likeness (QED) is 0.0512. The van der Waals surface area contributed by atoms with E-state index in [2.05, 4.69) is 43.7 Å². The number of H-pyrrole nitrogens is 1. The second-order valence-electron chi connectivity index (χ2n) is 18.6. The van der Waals surface area contributed by atoms with Gasteiger partial charge in [-0.25, -0.2) is 18.1 Å². The lowest BCUT2D eigenvalue weighted by Crippen LogP contribution is -2.47. The summed E-state index contributed by atoms with van der Waals surface area (Å²) >= 11 is 6.54. The van der Waals surface area contributed by atoms with Crippen molar-refractivity contribution in [3.8, 4) is 11.5 Å². The highest BCUT2D eigenvalue weighted by Crippen LogP contribution is 2.46. The zero-order valence-electron chi connectivity index (χ0n) is 38.9. The first-order valence-electron chi connectivity index (χ1n) is 23.0. The molecule has 1 aliphatic carbocycles. The summed E-state index contributed by atoms with van der Waals surface area (Å²) in [4.78, 5) is 50.3. The smallest absolute Gasteiger partial charge is 0.416 e. The number of aromatic amines is 1. The number of carbonyl (C=O) groups is 2. The highest BCUT2D eigenvalue weighted by molar-refractivity contribution is 7.90. The highest BCUT2D eigenvalue weighted by Gasteiger charge is 2.34. The van der Waals surface area contributed by atoms with Gasteiger partial charge in [0, 0.05) is 93.7 Å². The summed E-state index contributed by atoms with van der Waals surface area (Å²) in [5.74, 6) is -0.753. The zero-order valence-corrected chi connectivity index (χ0v) is 40.5. The highest BCUT2D eigenvalue weighted by atomic mass is 35.5. The van der Waals surface area contributed by atoms with Crippen LogP contribution in [0.1, 0.15) is 74.4 Å². The van der Waals surface area contributed by atoms with E-state index in [1.165, 1.54) is 37.4 Å². The summed E-state index contributed by atoms with van der Waals surface area (Å²) in [7, 11) is -4.66. The van der Waals surface area contributed by atoms with E-state index in [1.54, 1.807) is 35.4 Å². The number of nitro groups is 1. The summed E-state index contributed by atoms with van der Waals surface area (Å²) in [5.41, 5.74) is 2.67. The van der Waals surface area contributed by atoms with Gasteiger partial charge in [0.2, 0.25) is 5.91 Å². The monoisotopic (exact) mass is 1010 g/mol. The summed E-state index contributed by atoms with van der Waals surface area (Å²) < 4.78 is 82.1. The van der Waals surface area contributed by atoms with Crippen molar-refractivity contribution < 1.29 is 45.6 Å². The number of nitrogens with one attached hydrogen (secondary N) is 3. The van der Waals surface area contributed by atoms with Crippen molar-refractivity contribution in [3.63, 3.8) is 0 Å². The lowest BCUT2D eigenvalue weighted by atomic mass is 9.72. The fraction of sp³-hybridized carbons (Fsp3) is 0.408. The number of carbonyl (C=O) groups excluding carboxylic acids is 2. The molecule has 0 radical (unpaired) electrons. The van der Waals surface area contributed by atoms with Crippen molar-refractivity contribution in [1.29, 1.82) is 0 Å². The number of sulfonamides is 1. The van der Waals surface area contributed by atoms with Crippen molar-refractivity contribution >= 4 is 67.1 Å². The van der Waals surface area contributed by atoms with Crippen LogP contribution in [0.15, 0.2) is 89.6 Å². The predicted octanol–water partition coefficient (Wildman–Crippen LogP) is 9.28. The van der Waals surface area contributed by atoms with E-state index in [0.717, 1.165) is 47.6 Å². The number of hydrogen-bond acceptors (Lipinski definition) is 12. The van der Waals surface area contributed by atoms with Crippen LogP contribution in [0.2, 0.25) is 5.02 Å². The summed E-state index contributed by atoms with van der Waals surface area (Å²) in [6, 6.07) is 15.2. The normalized spacial score (nSPS) is 18.0. The molecule has 3 aromatic carbocycles. The fourth-order valence-corrected chi connectivity index (χ4v) is 10.5. The van der Waals surface area contributed by atoms with Crippen LogP contribution < -0.4 is 19.7 Å². The molecule has 3 aliphatic rings. The molecule has 0 saturated carbocycles. The zero-order chi connectivity index (χ0) is 50.0. The van der Waals surface area contributed by atoms with Crippen molar-refractivity contribution in [2.24, 2.45) is 5.41 Å². The van der Waals surface area contributed by atoms with E-state index in [0.29, 0.717) is 95.1 Å². The summed E-state index contributed by atoms with van der Waals surface area (Å²) in [6.07, 6.45) is 2.04. The van der Waals surface area contributed by atoms with E-state index in [-0.39, 0.29) is 45.2 Å². The van der Waals surface area contributed by atoms with Crippen LogP contribution in [0.5, 0.6) is 11.5 Å². The van der Waals surface area contributed by atoms with E-state index in [4.69, 9.17) is 21.1 Å². The maximum Gasteiger partial charge on any atom is 0.416 e. The Hall–Kier alpha value is -6.22. The minimum atomic E-state index is -4.66. The number of alkyl halides is 3. The number of morpholine rings is 1. The maximum atomic E-state index is 14.0. The molecule has 1 unspecified atom stereocenters. The lowest BCUT2D eigenvalue weighted by Gasteiger charge is -2.39. The number of nitro benzene ring substituents is 1. The minimum Gasteiger partial charge on any atom is -0.455 e. The van der Waals surface area contributed by atoms with Crippen LogP contribution in [0, 0.1) is 15.5 Å². The van der Waals surface area contributed by atoms with E-state index in [1.807, 2.05) is 0 Å². The van der Waals surface area contributed by atoms with Crippen molar-refractivity contribution in [2.45, 2.75) is 70.1 Å². The first-order valence-corrected chi connectivity index (χ1v) is 24.9. The number of fused-ring (bicyclic) bond motifs is 1. The standard InChI is InChI=1S/C49H54ClF3N8O8S/c1-31(62)60-21-22-68-36(30-60)5-4-15-54-43-11-8-38(26-44(43)61(64)65)70(66,67)57-47(63)40-10-7-35(25-45(40)69-37-23-32-13-16-55-46(32)56-28-37)59-19-17-58(18-20-59)29-33-12-14-48(2,3)27-41(33)39-9-6-34(24-42(39)50)49(51,52)53/h6-11,13,16,23-26,28,36,54H,4-5,12,14-15,17-22,27,29-30H2,1-3H3,(H,55,56)(H,57,63). The molecule has 21 heteroatoms. The average Bonchev–Trinajstić information content (AvgIpc) is 3.79. The molecule has 2 fully saturated rings. The fourth-order valence-electron chi connectivity index (χ4n) is 9.19. The molecule has 8 rings (SSSR count). The lowest BCUT2D eigenvalue weighted by molar-refractivity contribution is -0.384. The number of ether oxygens (including phenoxy) is 2. The van der Waals surface area contributed by atoms with Crippen LogP contribution >= 0.6 is 11.6 Å². The number of rotatable bonds is 15. The molecule has 2 aliphatic heterocycles. The average molecular weight is 1010 g/mol. The Bertz CT molecular complexity index is 2940. The Labute approximate surface area is 408 Å². The van der Waals surface area contributed by atoms with Gasteiger partial charge in [0.15, 0.2) is 0 Å². The number of aromatic nitrogens is 2. The second kappa shape index (κ2) is 20.6. The first-order chi connectivity index (χ1) is 33.2. The number of piperazine rings is 1. The molecule has 16 nitrogen and oxygen atoms in total. The predicted molar refractivity (Wildman–Crippen MR) is 260 cm³/mol. The van der Waals surface area contributed by atoms with Gasteiger partial charge in [-0.3, -0.25) is 24.6 Å². The van der Waals surface area contributed by atoms with Crippen molar-refractivity contribution in [1.82, 2.24) is 24.5 Å². The molecule has 2 amide bonds. The number of hydrogen-bond donors (Lipinski definition) is 3. The van der Waals surface area contributed by atoms with Crippen LogP contribution in [0.4, 0.5) is 30.2 Å². The second-order valence-corrected chi connectivity index (χ2v) is 20.7. The Morgan fingerprint density at radius 3 is 2.56 bits per heavy atom. The molecule has 0 bridgehead atoms. The number of pyridine rings is 1. The van der Waals surface area contributed by atoms with Gasteiger partial charge in [0.05, 0.1) is 39.9 Å². The molecule has 3 N–H and O–H groups in total. The number of halogens is 4. The number of allylic oxidation sites excluding steroid dienone is 1. The molecule has 5 aromatic rings. The van der Waals surface area contributed by atoms with Gasteiger partial charge >= 0.3 is 6.18 Å². The number of nitrogens with zero attached hydrogens (tertiary/aromatic N) is 5. The first kappa shape index (κ1) is 50.2. The SMILES string of the molecule is CC(=O)N1CCOC(CCCNc2ccc(S(=O)(=O)NC(=O)c3ccc(N4CCN(CC5=C(c6ccc(C(F)(F)F)cc6Cl)CC(C)(C)CC5)CC4)cc3Oc3cnc4[nH]ccc4c3)cc2[N+](=O)[O-])C1. The number of benzene rings is 3. The maximum absolute atomic E-state index is 14.0. The van der Waals surface area contributed by atoms with Gasteiger partial charge in [0.1, 0.15) is 22.8 Å². The van der Waals surface area contributed by atoms with Crippen molar-refractivity contribution in [2.75, 3.05) is 69.2 Å². The summed E-state index contributed by atoms with van der Waals surface area (Å²) in [5, 5.41) is 16.0. The molecular weight excluding hydrogens is 953 g/mol. The molecule has 372 valence electrons.